The average molecular weight is 162 g/mol. The van der Waals surface area contributed by atoms with E-state index in [2.05, 4.69) is 23.1 Å². The lowest BCUT2D eigenvalue weighted by Gasteiger charge is -2.25. The van der Waals surface area contributed by atoms with Crippen molar-refractivity contribution in [3.05, 3.63) is 0 Å². The monoisotopic (exact) mass is 162 g/mol. The maximum atomic E-state index is 9.80. The molecule has 0 saturated carbocycles. The number of rotatable bonds is 5. The average Bonchev–Trinajstić information content (AvgIpc) is 1.89. The molecule has 0 aliphatic rings. The summed E-state index contributed by atoms with van der Waals surface area (Å²) in [6, 6.07) is 0. The van der Waals surface area contributed by atoms with E-state index in [0.717, 1.165) is 31.8 Å². The second-order valence-electron chi connectivity index (χ2n) is 2.93. The van der Waals surface area contributed by atoms with Crippen molar-refractivity contribution < 1.29 is 5.11 Å². The number of aliphatic hydroxyl groups is 1. The Balaban J connectivity index is 3.69. The molecule has 10 heavy (non-hydrogen) atoms. The molecule has 0 aliphatic heterocycles. The van der Waals surface area contributed by atoms with E-state index in [0.29, 0.717) is 0 Å². The maximum absolute atomic E-state index is 9.80. The molecule has 0 aromatic carbocycles. The summed E-state index contributed by atoms with van der Waals surface area (Å²) in [5.74, 6) is 0. The highest BCUT2D eigenvalue weighted by molar-refractivity contribution is 7.16. The topological polar surface area (TPSA) is 20.2 Å². The van der Waals surface area contributed by atoms with Crippen LogP contribution in [0.2, 0.25) is 0 Å². The van der Waals surface area contributed by atoms with Crippen LogP contribution in [0, 0.1) is 0 Å². The Bertz CT molecular complexity index is 77.3. The van der Waals surface area contributed by atoms with E-state index in [1.165, 1.54) is 0 Å². The Labute approximate surface area is 66.4 Å². The van der Waals surface area contributed by atoms with Gasteiger partial charge in [0.1, 0.15) is 0 Å². The highest BCUT2D eigenvalue weighted by atomic mass is 31.0. The highest BCUT2D eigenvalue weighted by Gasteiger charge is 2.21. The minimum absolute atomic E-state index is 0.395. The van der Waals surface area contributed by atoms with E-state index in [-0.39, 0.29) is 0 Å². The largest absolute Gasteiger partial charge is 0.390 e. The Kier molecular flexibility index (Phi) is 5.29. The lowest BCUT2D eigenvalue weighted by atomic mass is 9.95. The quantitative estimate of drug-likeness (QED) is 0.614. The third-order valence-corrected chi connectivity index (χ3v) is 2.57. The second kappa shape index (κ2) is 5.09. The molecule has 1 unspecified atom stereocenters. The Morgan fingerprint density at radius 2 is 1.60 bits per heavy atom. The molecule has 0 radical (unpaired) electrons. The van der Waals surface area contributed by atoms with Gasteiger partial charge >= 0.3 is 0 Å². The molecule has 0 aromatic rings. The van der Waals surface area contributed by atoms with E-state index < -0.39 is 5.60 Å². The van der Waals surface area contributed by atoms with Crippen LogP contribution in [0.4, 0.5) is 0 Å². The van der Waals surface area contributed by atoms with Gasteiger partial charge in [0.05, 0.1) is 5.60 Å². The summed E-state index contributed by atoms with van der Waals surface area (Å²) in [6.45, 7) is 4.22. The van der Waals surface area contributed by atoms with E-state index in [4.69, 9.17) is 0 Å². The molecule has 0 saturated heterocycles. The van der Waals surface area contributed by atoms with E-state index in [9.17, 15) is 5.11 Å². The van der Waals surface area contributed by atoms with Gasteiger partial charge in [-0.15, -0.1) is 9.24 Å². The van der Waals surface area contributed by atoms with Crippen molar-refractivity contribution >= 4 is 9.24 Å². The lowest BCUT2D eigenvalue weighted by Crippen LogP contribution is -2.29. The predicted octanol–water partition coefficient (Wildman–Crippen LogP) is 2.19. The van der Waals surface area contributed by atoms with Crippen LogP contribution < -0.4 is 0 Å². The third-order valence-electron chi connectivity index (χ3n) is 1.81. The Morgan fingerprint density at radius 3 is 1.80 bits per heavy atom. The fraction of sp³-hybridized carbons (Fsp3) is 1.00. The van der Waals surface area contributed by atoms with Crippen molar-refractivity contribution in [3.8, 4) is 0 Å². The SMILES string of the molecule is CCCC(O)(CP)CCC. The molecule has 0 fully saturated rings. The van der Waals surface area contributed by atoms with Crippen molar-refractivity contribution in [1.29, 1.82) is 0 Å². The molecule has 0 bridgehead atoms. The molecule has 1 atom stereocenters. The van der Waals surface area contributed by atoms with Gasteiger partial charge < -0.3 is 5.11 Å². The minimum atomic E-state index is -0.395. The summed E-state index contributed by atoms with van der Waals surface area (Å²) in [5, 5.41) is 9.80. The van der Waals surface area contributed by atoms with Gasteiger partial charge in [0, 0.05) is 0 Å². The number of hydrogen-bond donors (Lipinski definition) is 1. The van der Waals surface area contributed by atoms with E-state index in [1.807, 2.05) is 0 Å². The Hall–Kier alpha value is 0.390. The molecule has 1 N–H and O–H groups in total. The molecular weight excluding hydrogens is 143 g/mol. The van der Waals surface area contributed by atoms with Gasteiger partial charge in [-0.1, -0.05) is 26.7 Å². The van der Waals surface area contributed by atoms with Crippen molar-refractivity contribution in [2.24, 2.45) is 0 Å². The summed E-state index contributed by atoms with van der Waals surface area (Å²) < 4.78 is 0. The standard InChI is InChI=1S/C8H19OP/c1-3-5-8(9,7-10)6-4-2/h9H,3-7,10H2,1-2H3. The predicted molar refractivity (Wildman–Crippen MR) is 49.3 cm³/mol. The summed E-state index contributed by atoms with van der Waals surface area (Å²) >= 11 is 0. The second-order valence-corrected chi connectivity index (χ2v) is 3.34. The van der Waals surface area contributed by atoms with Gasteiger partial charge in [-0.05, 0) is 19.0 Å². The van der Waals surface area contributed by atoms with Crippen LogP contribution >= 0.6 is 9.24 Å². The fourth-order valence-electron chi connectivity index (χ4n) is 1.26. The highest BCUT2D eigenvalue weighted by Crippen LogP contribution is 2.21. The molecule has 1 nitrogen and oxygen atoms in total. The molecule has 0 amide bonds. The first-order chi connectivity index (χ1) is 4.68. The van der Waals surface area contributed by atoms with Crippen LogP contribution in [0.1, 0.15) is 39.5 Å². The summed E-state index contributed by atoms with van der Waals surface area (Å²) in [5.41, 5.74) is -0.395. The van der Waals surface area contributed by atoms with Crippen LogP contribution in [-0.2, 0) is 0 Å². The Morgan fingerprint density at radius 1 is 1.20 bits per heavy atom. The molecule has 0 aromatic heterocycles. The summed E-state index contributed by atoms with van der Waals surface area (Å²) in [4.78, 5) is 0. The van der Waals surface area contributed by atoms with Gasteiger partial charge in [0.25, 0.3) is 0 Å². The number of hydrogen-bond acceptors (Lipinski definition) is 1. The van der Waals surface area contributed by atoms with Crippen molar-refractivity contribution in [2.75, 3.05) is 6.16 Å². The first-order valence-corrected chi connectivity index (χ1v) is 4.92. The minimum Gasteiger partial charge on any atom is -0.390 e. The summed E-state index contributed by atoms with van der Waals surface area (Å²) in [7, 11) is 2.62. The van der Waals surface area contributed by atoms with Crippen LogP contribution in [0.25, 0.3) is 0 Å². The maximum Gasteiger partial charge on any atom is 0.0681 e. The van der Waals surface area contributed by atoms with Gasteiger partial charge in [0.2, 0.25) is 0 Å². The molecule has 0 rings (SSSR count). The van der Waals surface area contributed by atoms with Crippen LogP contribution in [0.5, 0.6) is 0 Å². The molecule has 62 valence electrons. The third kappa shape index (κ3) is 3.53. The van der Waals surface area contributed by atoms with Crippen LogP contribution in [-0.4, -0.2) is 16.9 Å². The van der Waals surface area contributed by atoms with Crippen molar-refractivity contribution in [2.45, 2.75) is 45.1 Å². The normalized spacial score (nSPS) is 12.0. The van der Waals surface area contributed by atoms with E-state index >= 15 is 0 Å². The van der Waals surface area contributed by atoms with E-state index in [1.54, 1.807) is 0 Å². The van der Waals surface area contributed by atoms with Crippen molar-refractivity contribution in [3.63, 3.8) is 0 Å². The fourth-order valence-corrected chi connectivity index (χ4v) is 1.67. The zero-order valence-electron chi connectivity index (χ0n) is 7.06. The van der Waals surface area contributed by atoms with Gasteiger partial charge in [0.15, 0.2) is 0 Å². The molecule has 0 aliphatic carbocycles. The van der Waals surface area contributed by atoms with Crippen LogP contribution in [0.15, 0.2) is 0 Å². The molecule has 0 spiro atoms. The lowest BCUT2D eigenvalue weighted by molar-refractivity contribution is 0.0453. The zero-order chi connectivity index (χ0) is 8.04. The zero-order valence-corrected chi connectivity index (χ0v) is 8.21. The summed E-state index contributed by atoms with van der Waals surface area (Å²) in [6.07, 6.45) is 4.83. The molecular formula is C8H19OP. The van der Waals surface area contributed by atoms with Crippen LogP contribution in [0.3, 0.4) is 0 Å². The van der Waals surface area contributed by atoms with Gasteiger partial charge in [-0.2, -0.15) is 0 Å². The van der Waals surface area contributed by atoms with Crippen molar-refractivity contribution in [1.82, 2.24) is 0 Å². The molecule has 2 heteroatoms. The van der Waals surface area contributed by atoms with Gasteiger partial charge in [-0.3, -0.25) is 0 Å². The smallest absolute Gasteiger partial charge is 0.0681 e. The first-order valence-electron chi connectivity index (χ1n) is 4.11. The first kappa shape index (κ1) is 10.4. The molecule has 0 heterocycles. The van der Waals surface area contributed by atoms with Gasteiger partial charge in [-0.25, -0.2) is 0 Å².